The third-order valence-corrected chi connectivity index (χ3v) is 7.17. The van der Waals surface area contributed by atoms with Crippen molar-refractivity contribution in [3.63, 3.8) is 0 Å². The van der Waals surface area contributed by atoms with E-state index in [-0.39, 0.29) is 23.9 Å². The largest absolute Gasteiger partial charge is 0.416 e. The fourth-order valence-corrected chi connectivity index (χ4v) is 4.92. The zero-order valence-corrected chi connectivity index (χ0v) is 19.5. The highest BCUT2D eigenvalue weighted by molar-refractivity contribution is 7.11. The number of carbonyl (C=O) groups is 2. The fourth-order valence-electron chi connectivity index (χ4n) is 4.38. The summed E-state index contributed by atoms with van der Waals surface area (Å²) in [5.74, 6) is -0.201. The topological polar surface area (TPSA) is 65.5 Å². The number of hydrogen-bond acceptors (Lipinski definition) is 5. The van der Waals surface area contributed by atoms with Crippen molar-refractivity contribution < 1.29 is 22.8 Å². The van der Waals surface area contributed by atoms with Gasteiger partial charge in [0.2, 0.25) is 0 Å². The molecule has 0 saturated carbocycles. The maximum atomic E-state index is 12.9. The summed E-state index contributed by atoms with van der Waals surface area (Å²) in [6.07, 6.45) is -2.40. The van der Waals surface area contributed by atoms with Crippen LogP contribution in [0.4, 0.5) is 13.2 Å². The van der Waals surface area contributed by atoms with Crippen LogP contribution >= 0.6 is 11.3 Å². The lowest BCUT2D eigenvalue weighted by Gasteiger charge is -2.51. The van der Waals surface area contributed by atoms with Gasteiger partial charge in [0.05, 0.1) is 11.6 Å². The lowest BCUT2D eigenvalue weighted by atomic mass is 9.98. The van der Waals surface area contributed by atoms with Crippen LogP contribution in [0, 0.1) is 0 Å². The van der Waals surface area contributed by atoms with Gasteiger partial charge in [-0.3, -0.25) is 14.5 Å². The van der Waals surface area contributed by atoms with Crippen LogP contribution in [-0.2, 0) is 12.6 Å². The van der Waals surface area contributed by atoms with E-state index in [1.165, 1.54) is 17.4 Å². The van der Waals surface area contributed by atoms with E-state index in [2.05, 4.69) is 15.2 Å². The van der Waals surface area contributed by atoms with Crippen molar-refractivity contribution >= 4 is 23.2 Å². The predicted molar refractivity (Wildman–Crippen MR) is 125 cm³/mol. The van der Waals surface area contributed by atoms with Crippen molar-refractivity contribution in [1.82, 2.24) is 20.1 Å². The molecule has 0 unspecified atom stereocenters. The SMILES string of the molecule is O=C(NC1CN(C2CN(C(=O)c3ccc(Cc4cccc(C(F)(F)F)c4)cc3)C2)C1)c1nccs1. The number of aromatic nitrogens is 1. The third-order valence-electron chi connectivity index (χ3n) is 6.40. The summed E-state index contributed by atoms with van der Waals surface area (Å²) in [5.41, 5.74) is 1.31. The molecule has 0 atom stereocenters. The van der Waals surface area contributed by atoms with Gasteiger partial charge in [-0.2, -0.15) is 13.2 Å². The number of nitrogens with zero attached hydrogens (tertiary/aromatic N) is 3. The number of alkyl halides is 3. The number of likely N-dealkylation sites (tertiary alicyclic amines) is 2. The number of amides is 2. The minimum absolute atomic E-state index is 0.0546. The van der Waals surface area contributed by atoms with Crippen LogP contribution in [0.15, 0.2) is 60.1 Å². The first kappa shape index (κ1) is 23.5. The lowest BCUT2D eigenvalue weighted by molar-refractivity contribution is -0.137. The second-order valence-corrected chi connectivity index (χ2v) is 9.79. The van der Waals surface area contributed by atoms with Gasteiger partial charge >= 0.3 is 6.18 Å². The Hall–Kier alpha value is -3.24. The molecule has 0 aliphatic carbocycles. The maximum Gasteiger partial charge on any atom is 0.416 e. The standard InChI is InChI=1S/C25H23F3N4O2S/c26-25(27,28)19-3-1-2-17(11-19)10-16-4-6-18(7-5-16)24(34)32-14-21(15-32)31-12-20(13-31)30-22(33)23-29-8-9-35-23/h1-9,11,20-21H,10,12-15H2,(H,30,33). The van der Waals surface area contributed by atoms with Gasteiger partial charge < -0.3 is 10.2 Å². The van der Waals surface area contributed by atoms with Crippen LogP contribution in [0.5, 0.6) is 0 Å². The molecule has 2 aliphatic rings. The summed E-state index contributed by atoms with van der Waals surface area (Å²) < 4.78 is 38.8. The van der Waals surface area contributed by atoms with E-state index >= 15 is 0 Å². The van der Waals surface area contributed by atoms with Crippen LogP contribution in [0.3, 0.4) is 0 Å². The third kappa shape index (κ3) is 5.23. The van der Waals surface area contributed by atoms with Crippen LogP contribution in [0.1, 0.15) is 36.9 Å². The number of benzene rings is 2. The molecule has 2 fully saturated rings. The molecule has 1 N–H and O–H groups in total. The van der Waals surface area contributed by atoms with Crippen molar-refractivity contribution in [3.05, 3.63) is 87.4 Å². The molecule has 35 heavy (non-hydrogen) atoms. The number of halogens is 3. The first-order valence-corrected chi connectivity index (χ1v) is 12.1. The van der Waals surface area contributed by atoms with Gasteiger partial charge in [0.15, 0.2) is 5.01 Å². The van der Waals surface area contributed by atoms with E-state index in [0.29, 0.717) is 35.6 Å². The Kier molecular flexibility index (Phi) is 6.33. The van der Waals surface area contributed by atoms with Crippen LogP contribution in [0.2, 0.25) is 0 Å². The summed E-state index contributed by atoms with van der Waals surface area (Å²) >= 11 is 1.31. The predicted octanol–water partition coefficient (Wildman–Crippen LogP) is 3.69. The molecule has 182 valence electrons. The lowest BCUT2D eigenvalue weighted by Crippen LogP contribution is -2.70. The molecular weight excluding hydrogens is 477 g/mol. The van der Waals surface area contributed by atoms with E-state index < -0.39 is 11.7 Å². The highest BCUT2D eigenvalue weighted by atomic mass is 32.1. The molecule has 5 rings (SSSR count). The monoisotopic (exact) mass is 500 g/mol. The molecule has 10 heteroatoms. The Morgan fingerprint density at radius 3 is 2.43 bits per heavy atom. The molecule has 3 aromatic rings. The average Bonchev–Trinajstić information content (AvgIpc) is 3.31. The number of nitrogens with one attached hydrogen (secondary N) is 1. The van der Waals surface area contributed by atoms with Crippen molar-refractivity contribution in [2.24, 2.45) is 0 Å². The van der Waals surface area contributed by atoms with Crippen molar-refractivity contribution in [2.75, 3.05) is 26.2 Å². The van der Waals surface area contributed by atoms with Crippen LogP contribution in [0.25, 0.3) is 0 Å². The summed E-state index contributed by atoms with van der Waals surface area (Å²) in [6, 6.07) is 12.7. The Bertz CT molecular complexity index is 1200. The molecule has 0 bridgehead atoms. The second kappa shape index (κ2) is 9.43. The van der Waals surface area contributed by atoms with Gasteiger partial charge in [0.1, 0.15) is 0 Å². The van der Waals surface area contributed by atoms with Crippen LogP contribution in [-0.4, -0.2) is 64.9 Å². The van der Waals surface area contributed by atoms with Gasteiger partial charge in [0.25, 0.3) is 11.8 Å². The van der Waals surface area contributed by atoms with E-state index in [4.69, 9.17) is 0 Å². The van der Waals surface area contributed by atoms with Crippen LogP contribution < -0.4 is 5.32 Å². The molecule has 6 nitrogen and oxygen atoms in total. The number of thiazole rings is 1. The van der Waals surface area contributed by atoms with E-state index in [1.807, 2.05) is 0 Å². The Balaban J connectivity index is 1.08. The van der Waals surface area contributed by atoms with Gasteiger partial charge in [0, 0.05) is 49.4 Å². The van der Waals surface area contributed by atoms with Gasteiger partial charge in [-0.15, -0.1) is 11.3 Å². The quantitative estimate of drug-likeness (QED) is 0.561. The van der Waals surface area contributed by atoms with E-state index in [1.54, 1.807) is 46.8 Å². The van der Waals surface area contributed by atoms with Crippen molar-refractivity contribution in [1.29, 1.82) is 0 Å². The van der Waals surface area contributed by atoms with Gasteiger partial charge in [-0.05, 0) is 35.7 Å². The molecule has 2 saturated heterocycles. The molecule has 1 aromatic heterocycles. The zero-order chi connectivity index (χ0) is 24.6. The number of hydrogen-bond donors (Lipinski definition) is 1. The summed E-state index contributed by atoms with van der Waals surface area (Å²) in [4.78, 5) is 32.9. The van der Waals surface area contributed by atoms with E-state index in [0.717, 1.165) is 30.8 Å². The first-order valence-electron chi connectivity index (χ1n) is 11.2. The van der Waals surface area contributed by atoms with Crippen molar-refractivity contribution in [3.8, 4) is 0 Å². The van der Waals surface area contributed by atoms with Gasteiger partial charge in [-0.1, -0.05) is 30.3 Å². The first-order chi connectivity index (χ1) is 16.8. The molecule has 0 radical (unpaired) electrons. The Labute approximate surface area is 204 Å². The Morgan fingerprint density at radius 1 is 1.03 bits per heavy atom. The average molecular weight is 501 g/mol. The number of carbonyl (C=O) groups excluding carboxylic acids is 2. The maximum absolute atomic E-state index is 12.9. The minimum Gasteiger partial charge on any atom is -0.345 e. The molecular formula is C25H23F3N4O2S. The molecule has 2 aromatic carbocycles. The normalized spacial score (nSPS) is 17.1. The highest BCUT2D eigenvalue weighted by Crippen LogP contribution is 2.30. The summed E-state index contributed by atoms with van der Waals surface area (Å²) in [5, 5.41) is 5.21. The molecule has 3 heterocycles. The number of rotatable bonds is 6. The van der Waals surface area contributed by atoms with Crippen molar-refractivity contribution in [2.45, 2.75) is 24.7 Å². The smallest absolute Gasteiger partial charge is 0.345 e. The molecule has 2 aliphatic heterocycles. The zero-order valence-electron chi connectivity index (χ0n) is 18.7. The second-order valence-electron chi connectivity index (χ2n) is 8.90. The van der Waals surface area contributed by atoms with E-state index in [9.17, 15) is 22.8 Å². The highest BCUT2D eigenvalue weighted by Gasteiger charge is 2.41. The molecule has 2 amide bonds. The Morgan fingerprint density at radius 2 is 1.77 bits per heavy atom. The molecule has 0 spiro atoms. The van der Waals surface area contributed by atoms with Gasteiger partial charge in [-0.25, -0.2) is 4.98 Å². The summed E-state index contributed by atoms with van der Waals surface area (Å²) in [7, 11) is 0. The summed E-state index contributed by atoms with van der Waals surface area (Å²) in [6.45, 7) is 2.79. The fraction of sp³-hybridized carbons (Fsp3) is 0.320. The minimum atomic E-state index is -4.37.